The lowest BCUT2D eigenvalue weighted by Crippen LogP contribution is -2.26. The van der Waals surface area contributed by atoms with Crippen molar-refractivity contribution < 1.29 is 9.53 Å². The van der Waals surface area contributed by atoms with Crippen molar-refractivity contribution in [2.45, 2.75) is 46.5 Å². The highest BCUT2D eigenvalue weighted by Crippen LogP contribution is 2.02. The van der Waals surface area contributed by atoms with E-state index >= 15 is 0 Å². The fraction of sp³-hybridized carbons (Fsp3) is 0.786. The maximum Gasteiger partial charge on any atom is 0.333 e. The monoisotopic (exact) mass is 241 g/mol. The van der Waals surface area contributed by atoms with Crippen molar-refractivity contribution in [3.63, 3.8) is 0 Å². The van der Waals surface area contributed by atoms with Crippen LogP contribution in [0.2, 0.25) is 0 Å². The van der Waals surface area contributed by atoms with Gasteiger partial charge in [0, 0.05) is 12.1 Å². The Hall–Kier alpha value is -0.830. The van der Waals surface area contributed by atoms with Crippen molar-refractivity contribution >= 4 is 5.97 Å². The Bertz CT molecular complexity index is 228. The van der Waals surface area contributed by atoms with Crippen molar-refractivity contribution in [1.29, 1.82) is 0 Å². The van der Waals surface area contributed by atoms with Gasteiger partial charge in [0.15, 0.2) is 0 Å². The van der Waals surface area contributed by atoms with Crippen LogP contribution >= 0.6 is 0 Å². The Kier molecular flexibility index (Phi) is 9.83. The average Bonchev–Trinajstić information content (AvgIpc) is 2.36. The quantitative estimate of drug-likeness (QED) is 0.459. The minimum atomic E-state index is -0.226. The van der Waals surface area contributed by atoms with Crippen molar-refractivity contribution in [2.75, 3.05) is 26.7 Å². The summed E-state index contributed by atoms with van der Waals surface area (Å²) in [5.41, 5.74) is 0.700. The Morgan fingerprint density at radius 3 is 2.12 bits per heavy atom. The van der Waals surface area contributed by atoms with E-state index in [0.29, 0.717) is 5.57 Å². The molecule has 17 heavy (non-hydrogen) atoms. The summed E-state index contributed by atoms with van der Waals surface area (Å²) < 4.78 is 4.68. The first-order valence-corrected chi connectivity index (χ1v) is 6.63. The van der Waals surface area contributed by atoms with Gasteiger partial charge in [-0.2, -0.15) is 0 Å². The molecule has 0 fully saturated rings. The number of ether oxygens (including phenoxy) is 1. The summed E-state index contributed by atoms with van der Waals surface area (Å²) in [6, 6.07) is 0. The zero-order valence-electron chi connectivity index (χ0n) is 11.8. The molecule has 0 aromatic carbocycles. The van der Waals surface area contributed by atoms with Crippen molar-refractivity contribution in [2.24, 2.45) is 0 Å². The van der Waals surface area contributed by atoms with Crippen LogP contribution in [0.25, 0.3) is 0 Å². The molecule has 0 bridgehead atoms. The fourth-order valence-electron chi connectivity index (χ4n) is 1.57. The van der Waals surface area contributed by atoms with E-state index < -0.39 is 0 Å². The SMILES string of the molecule is CCCCN(CC=C(C)C(=O)OC)CCCC. The van der Waals surface area contributed by atoms with Gasteiger partial charge in [-0.05, 0) is 32.9 Å². The summed E-state index contributed by atoms with van der Waals surface area (Å²) in [6.45, 7) is 9.29. The van der Waals surface area contributed by atoms with Crippen LogP contribution in [0.15, 0.2) is 11.6 Å². The van der Waals surface area contributed by atoms with Crippen LogP contribution in [0.5, 0.6) is 0 Å². The molecule has 0 aliphatic rings. The van der Waals surface area contributed by atoms with E-state index in [2.05, 4.69) is 23.5 Å². The molecule has 0 aromatic heterocycles. The molecule has 0 rings (SSSR count). The highest BCUT2D eigenvalue weighted by Gasteiger charge is 2.05. The van der Waals surface area contributed by atoms with Crippen LogP contribution in [-0.4, -0.2) is 37.6 Å². The number of esters is 1. The molecule has 0 heterocycles. The van der Waals surface area contributed by atoms with Crippen LogP contribution in [0.3, 0.4) is 0 Å². The topological polar surface area (TPSA) is 29.5 Å². The summed E-state index contributed by atoms with van der Waals surface area (Å²) >= 11 is 0. The second-order valence-corrected chi connectivity index (χ2v) is 4.39. The molecule has 3 heteroatoms. The predicted molar refractivity (Wildman–Crippen MR) is 72.0 cm³/mol. The Balaban J connectivity index is 4.16. The smallest absolute Gasteiger partial charge is 0.333 e. The predicted octanol–water partition coefficient (Wildman–Crippen LogP) is 3.01. The summed E-state index contributed by atoms with van der Waals surface area (Å²) in [7, 11) is 1.42. The minimum absolute atomic E-state index is 0.226. The first-order chi connectivity index (χ1) is 8.15. The molecule has 0 radical (unpaired) electrons. The van der Waals surface area contributed by atoms with Gasteiger partial charge in [0.05, 0.1) is 7.11 Å². The van der Waals surface area contributed by atoms with Gasteiger partial charge in [0.25, 0.3) is 0 Å². The van der Waals surface area contributed by atoms with Crippen molar-refractivity contribution in [3.8, 4) is 0 Å². The highest BCUT2D eigenvalue weighted by atomic mass is 16.5. The van der Waals surface area contributed by atoms with Crippen LogP contribution < -0.4 is 0 Å². The number of nitrogens with zero attached hydrogens (tertiary/aromatic N) is 1. The third-order valence-corrected chi connectivity index (χ3v) is 2.82. The zero-order valence-corrected chi connectivity index (χ0v) is 11.8. The van der Waals surface area contributed by atoms with Crippen molar-refractivity contribution in [3.05, 3.63) is 11.6 Å². The van der Waals surface area contributed by atoms with Gasteiger partial charge >= 0.3 is 5.97 Å². The molecule has 0 atom stereocenters. The fourth-order valence-corrected chi connectivity index (χ4v) is 1.57. The van der Waals surface area contributed by atoms with Gasteiger partial charge in [-0.3, -0.25) is 4.90 Å². The van der Waals surface area contributed by atoms with Gasteiger partial charge < -0.3 is 4.74 Å². The normalized spacial score (nSPS) is 11.9. The summed E-state index contributed by atoms with van der Waals surface area (Å²) in [5.74, 6) is -0.226. The van der Waals surface area contributed by atoms with E-state index in [1.54, 1.807) is 0 Å². The Morgan fingerprint density at radius 1 is 1.18 bits per heavy atom. The molecule has 0 aliphatic carbocycles. The number of methoxy groups -OCH3 is 1. The summed E-state index contributed by atoms with van der Waals surface area (Å²) in [4.78, 5) is 13.6. The summed E-state index contributed by atoms with van der Waals surface area (Å²) in [6.07, 6.45) is 6.82. The van der Waals surface area contributed by atoms with Gasteiger partial charge in [-0.1, -0.05) is 32.8 Å². The molecule has 100 valence electrons. The molecule has 0 spiro atoms. The standard InChI is InChI=1S/C14H27NO2/c1-5-7-10-15(11-8-6-2)12-9-13(3)14(16)17-4/h9H,5-8,10-12H2,1-4H3. The minimum Gasteiger partial charge on any atom is -0.466 e. The van der Waals surface area contributed by atoms with Crippen LogP contribution in [0.4, 0.5) is 0 Å². The van der Waals surface area contributed by atoms with Crippen molar-refractivity contribution in [1.82, 2.24) is 4.90 Å². The second kappa shape index (κ2) is 10.3. The molecule has 0 saturated heterocycles. The number of carbonyl (C=O) groups excluding carboxylic acids is 1. The van der Waals surface area contributed by atoms with E-state index in [1.165, 1.54) is 32.8 Å². The average molecular weight is 241 g/mol. The first-order valence-electron chi connectivity index (χ1n) is 6.63. The highest BCUT2D eigenvalue weighted by molar-refractivity contribution is 5.87. The van der Waals surface area contributed by atoms with Gasteiger partial charge in [0.2, 0.25) is 0 Å². The Morgan fingerprint density at radius 2 is 1.71 bits per heavy atom. The number of unbranched alkanes of at least 4 members (excludes halogenated alkanes) is 2. The third kappa shape index (κ3) is 7.97. The number of rotatable bonds is 9. The first kappa shape index (κ1) is 16.2. The second-order valence-electron chi connectivity index (χ2n) is 4.39. The van der Waals surface area contributed by atoms with E-state index in [4.69, 9.17) is 0 Å². The maximum atomic E-state index is 11.2. The molecule has 0 aliphatic heterocycles. The number of carbonyl (C=O) groups is 1. The molecular weight excluding hydrogens is 214 g/mol. The molecular formula is C14H27NO2. The van der Waals surface area contributed by atoms with E-state index in [0.717, 1.165) is 19.6 Å². The maximum absolute atomic E-state index is 11.2. The van der Waals surface area contributed by atoms with Crippen LogP contribution in [-0.2, 0) is 9.53 Å². The van der Waals surface area contributed by atoms with E-state index in [-0.39, 0.29) is 5.97 Å². The van der Waals surface area contributed by atoms with Gasteiger partial charge in [-0.15, -0.1) is 0 Å². The lowest BCUT2D eigenvalue weighted by Gasteiger charge is -2.20. The third-order valence-electron chi connectivity index (χ3n) is 2.82. The molecule has 0 saturated carbocycles. The van der Waals surface area contributed by atoms with Crippen LogP contribution in [0, 0.1) is 0 Å². The molecule has 0 aromatic rings. The van der Waals surface area contributed by atoms with Gasteiger partial charge in [-0.25, -0.2) is 4.79 Å². The molecule has 0 amide bonds. The number of hydrogen-bond donors (Lipinski definition) is 0. The van der Waals surface area contributed by atoms with E-state index in [1.807, 2.05) is 13.0 Å². The number of hydrogen-bond acceptors (Lipinski definition) is 3. The lowest BCUT2D eigenvalue weighted by molar-refractivity contribution is -0.136. The largest absolute Gasteiger partial charge is 0.466 e. The molecule has 0 N–H and O–H groups in total. The molecule has 0 unspecified atom stereocenters. The summed E-state index contributed by atoms with van der Waals surface area (Å²) in [5, 5.41) is 0. The van der Waals surface area contributed by atoms with Gasteiger partial charge in [0.1, 0.15) is 0 Å². The van der Waals surface area contributed by atoms with Crippen LogP contribution in [0.1, 0.15) is 46.5 Å². The zero-order chi connectivity index (χ0) is 13.1. The van der Waals surface area contributed by atoms with E-state index in [9.17, 15) is 4.79 Å². The lowest BCUT2D eigenvalue weighted by atomic mass is 10.2. The molecule has 3 nitrogen and oxygen atoms in total. The Labute approximate surface area is 106 Å².